The zero-order chi connectivity index (χ0) is 15.5. The Morgan fingerprint density at radius 1 is 1.40 bits per heavy atom. The number of carbonyl (C=O) groups excluding carboxylic acids is 1. The van der Waals surface area contributed by atoms with Crippen molar-refractivity contribution in [1.82, 2.24) is 5.32 Å². The Balaban J connectivity index is 3.03. The number of carboxylic acid groups (broad SMARTS) is 1. The highest BCUT2D eigenvalue weighted by Gasteiger charge is 2.33. The lowest BCUT2D eigenvalue weighted by molar-refractivity contribution is -0.138. The Bertz CT molecular complexity index is 528. The van der Waals surface area contributed by atoms with E-state index in [-0.39, 0.29) is 18.2 Å². The highest BCUT2D eigenvalue weighted by molar-refractivity contribution is 9.10. The van der Waals surface area contributed by atoms with Crippen LogP contribution in [0.25, 0.3) is 0 Å². The first-order valence-corrected chi connectivity index (χ1v) is 7.26. The van der Waals surface area contributed by atoms with Crippen molar-refractivity contribution in [2.24, 2.45) is 5.92 Å². The van der Waals surface area contributed by atoms with Crippen LogP contribution in [0.1, 0.15) is 43.1 Å². The number of aliphatic carboxylic acids is 1. The molecule has 2 N–H and O–H groups in total. The van der Waals surface area contributed by atoms with E-state index in [0.29, 0.717) is 5.56 Å². The van der Waals surface area contributed by atoms with Gasteiger partial charge in [0.25, 0.3) is 5.91 Å². The third-order valence-corrected chi connectivity index (χ3v) is 4.56. The molecule has 0 aromatic heterocycles. The fourth-order valence-electron chi connectivity index (χ4n) is 1.89. The summed E-state index contributed by atoms with van der Waals surface area (Å²) in [6, 6.07) is 5.39. The van der Waals surface area contributed by atoms with Gasteiger partial charge < -0.3 is 10.4 Å². The van der Waals surface area contributed by atoms with Gasteiger partial charge in [0.15, 0.2) is 0 Å². The van der Waals surface area contributed by atoms with Gasteiger partial charge in [-0.15, -0.1) is 0 Å². The lowest BCUT2D eigenvalue weighted by Gasteiger charge is -2.33. The van der Waals surface area contributed by atoms with Gasteiger partial charge in [0.1, 0.15) is 0 Å². The number of amides is 1. The third-order valence-electron chi connectivity index (χ3n) is 3.70. The summed E-state index contributed by atoms with van der Waals surface area (Å²) >= 11 is 3.39. The molecule has 1 atom stereocenters. The number of carbonyl (C=O) groups is 2. The SMILES string of the molecule is Cc1c(Br)cccc1C(=O)NC(C)(CC(=O)O)C(C)C. The van der Waals surface area contributed by atoms with Gasteiger partial charge in [-0.25, -0.2) is 0 Å². The summed E-state index contributed by atoms with van der Waals surface area (Å²) in [5, 5.41) is 11.9. The van der Waals surface area contributed by atoms with E-state index < -0.39 is 11.5 Å². The third kappa shape index (κ3) is 3.82. The summed E-state index contributed by atoms with van der Waals surface area (Å²) in [7, 11) is 0. The predicted molar refractivity (Wildman–Crippen MR) is 81.8 cm³/mol. The van der Waals surface area contributed by atoms with E-state index in [1.165, 1.54) is 0 Å². The molecule has 0 heterocycles. The average Bonchev–Trinajstić information content (AvgIpc) is 2.31. The molecule has 20 heavy (non-hydrogen) atoms. The fourth-order valence-corrected chi connectivity index (χ4v) is 2.25. The smallest absolute Gasteiger partial charge is 0.305 e. The summed E-state index contributed by atoms with van der Waals surface area (Å²) in [4.78, 5) is 23.4. The number of hydrogen-bond acceptors (Lipinski definition) is 2. The maximum Gasteiger partial charge on any atom is 0.305 e. The molecule has 110 valence electrons. The fraction of sp³-hybridized carbons (Fsp3) is 0.467. The number of rotatable bonds is 5. The molecular formula is C15H20BrNO3. The molecule has 0 aliphatic carbocycles. The number of hydrogen-bond donors (Lipinski definition) is 2. The summed E-state index contributed by atoms with van der Waals surface area (Å²) < 4.78 is 0.856. The van der Waals surface area contributed by atoms with Crippen LogP contribution < -0.4 is 5.32 Å². The van der Waals surface area contributed by atoms with E-state index in [1.54, 1.807) is 19.1 Å². The van der Waals surface area contributed by atoms with Crippen molar-refractivity contribution in [1.29, 1.82) is 0 Å². The topological polar surface area (TPSA) is 66.4 Å². The molecule has 1 unspecified atom stereocenters. The van der Waals surface area contributed by atoms with Gasteiger partial charge in [0.2, 0.25) is 0 Å². The number of carboxylic acids is 1. The first kappa shape index (κ1) is 16.7. The molecule has 0 aliphatic heterocycles. The highest BCUT2D eigenvalue weighted by atomic mass is 79.9. The van der Waals surface area contributed by atoms with Gasteiger partial charge in [-0.2, -0.15) is 0 Å². The zero-order valence-corrected chi connectivity index (χ0v) is 13.7. The summed E-state index contributed by atoms with van der Waals surface area (Å²) in [5.41, 5.74) is 0.612. The Morgan fingerprint density at radius 3 is 2.50 bits per heavy atom. The van der Waals surface area contributed by atoms with Gasteiger partial charge in [0, 0.05) is 10.0 Å². The average molecular weight is 342 g/mol. The standard InChI is InChI=1S/C15H20BrNO3/c1-9(2)15(4,8-13(18)19)17-14(20)11-6-5-7-12(16)10(11)3/h5-7,9H,8H2,1-4H3,(H,17,20)(H,18,19). The van der Waals surface area contributed by atoms with E-state index >= 15 is 0 Å². The summed E-state index contributed by atoms with van der Waals surface area (Å²) in [5.74, 6) is -1.16. The normalized spacial score (nSPS) is 13.9. The molecule has 0 saturated heterocycles. The van der Waals surface area contributed by atoms with Gasteiger partial charge >= 0.3 is 5.97 Å². The van der Waals surface area contributed by atoms with Gasteiger partial charge in [0.05, 0.1) is 12.0 Å². The molecule has 1 aromatic rings. The van der Waals surface area contributed by atoms with E-state index in [1.807, 2.05) is 26.8 Å². The molecule has 1 aromatic carbocycles. The monoisotopic (exact) mass is 341 g/mol. The van der Waals surface area contributed by atoms with Crippen LogP contribution in [0.2, 0.25) is 0 Å². The molecule has 4 nitrogen and oxygen atoms in total. The predicted octanol–water partition coefficient (Wildman–Crippen LogP) is 3.38. The van der Waals surface area contributed by atoms with Crippen molar-refractivity contribution in [2.75, 3.05) is 0 Å². The molecule has 0 aliphatic rings. The van der Waals surface area contributed by atoms with Crippen LogP contribution in [0.5, 0.6) is 0 Å². The van der Waals surface area contributed by atoms with Crippen molar-refractivity contribution in [3.8, 4) is 0 Å². The molecular weight excluding hydrogens is 322 g/mol. The molecule has 0 fully saturated rings. The first-order valence-electron chi connectivity index (χ1n) is 6.47. The molecule has 1 amide bonds. The van der Waals surface area contributed by atoms with E-state index in [2.05, 4.69) is 21.2 Å². The van der Waals surface area contributed by atoms with Crippen molar-refractivity contribution in [2.45, 2.75) is 39.7 Å². The van der Waals surface area contributed by atoms with E-state index in [0.717, 1.165) is 10.0 Å². The Hall–Kier alpha value is -1.36. The van der Waals surface area contributed by atoms with Crippen LogP contribution in [-0.2, 0) is 4.79 Å². The van der Waals surface area contributed by atoms with Crippen molar-refractivity contribution in [3.63, 3.8) is 0 Å². The van der Waals surface area contributed by atoms with Crippen LogP contribution in [0, 0.1) is 12.8 Å². The molecule has 0 saturated carbocycles. The zero-order valence-electron chi connectivity index (χ0n) is 12.2. The van der Waals surface area contributed by atoms with Crippen LogP contribution >= 0.6 is 15.9 Å². The lowest BCUT2D eigenvalue weighted by atomic mass is 9.85. The second-order valence-corrected chi connectivity index (χ2v) is 6.36. The van der Waals surface area contributed by atoms with E-state index in [9.17, 15) is 9.59 Å². The van der Waals surface area contributed by atoms with Crippen molar-refractivity contribution >= 4 is 27.8 Å². The van der Waals surface area contributed by atoms with E-state index in [4.69, 9.17) is 5.11 Å². The summed E-state index contributed by atoms with van der Waals surface area (Å²) in [6.07, 6.45) is -0.108. The lowest BCUT2D eigenvalue weighted by Crippen LogP contribution is -2.51. The second-order valence-electron chi connectivity index (χ2n) is 5.51. The van der Waals surface area contributed by atoms with Gasteiger partial charge in [-0.05, 0) is 37.5 Å². The van der Waals surface area contributed by atoms with Crippen LogP contribution in [0.15, 0.2) is 22.7 Å². The first-order chi connectivity index (χ1) is 9.17. The quantitative estimate of drug-likeness (QED) is 0.862. The number of benzene rings is 1. The summed E-state index contributed by atoms with van der Waals surface area (Å²) in [6.45, 7) is 7.41. The molecule has 5 heteroatoms. The maximum atomic E-state index is 12.4. The Kier molecular flexibility index (Phi) is 5.34. The minimum absolute atomic E-state index is 0.00927. The van der Waals surface area contributed by atoms with Crippen molar-refractivity contribution < 1.29 is 14.7 Å². The Labute approximate surface area is 127 Å². The number of halogens is 1. The Morgan fingerprint density at radius 2 is 2.00 bits per heavy atom. The highest BCUT2D eigenvalue weighted by Crippen LogP contribution is 2.24. The maximum absolute atomic E-state index is 12.4. The van der Waals surface area contributed by atoms with Gasteiger partial charge in [-0.1, -0.05) is 35.8 Å². The minimum Gasteiger partial charge on any atom is -0.481 e. The molecule has 0 radical (unpaired) electrons. The van der Waals surface area contributed by atoms with Crippen LogP contribution in [0.4, 0.5) is 0 Å². The molecule has 1 rings (SSSR count). The van der Waals surface area contributed by atoms with Crippen LogP contribution in [0.3, 0.4) is 0 Å². The molecule has 0 spiro atoms. The molecule has 0 bridgehead atoms. The van der Waals surface area contributed by atoms with Gasteiger partial charge in [-0.3, -0.25) is 9.59 Å². The largest absolute Gasteiger partial charge is 0.481 e. The second kappa shape index (κ2) is 6.39. The van der Waals surface area contributed by atoms with Crippen molar-refractivity contribution in [3.05, 3.63) is 33.8 Å². The van der Waals surface area contributed by atoms with Crippen LogP contribution in [-0.4, -0.2) is 22.5 Å². The minimum atomic E-state index is -0.924. The number of nitrogens with one attached hydrogen (secondary N) is 1.